The molecule has 0 amide bonds. The molecule has 24 heavy (non-hydrogen) atoms. The molecule has 1 aromatic carbocycles. The molecule has 0 spiro atoms. The largest absolute Gasteiger partial charge is 0.504 e. The first kappa shape index (κ1) is 16.8. The highest BCUT2D eigenvalue weighted by Crippen LogP contribution is 2.54. The number of hydrogen-bond donors (Lipinski definition) is 2. The first-order valence-electron chi connectivity index (χ1n) is 8.38. The second-order valence-corrected chi connectivity index (χ2v) is 6.62. The van der Waals surface area contributed by atoms with Crippen molar-refractivity contribution in [2.45, 2.75) is 37.6 Å². The molecule has 0 saturated carbocycles. The predicted molar refractivity (Wildman–Crippen MR) is 91.4 cm³/mol. The fourth-order valence-corrected chi connectivity index (χ4v) is 4.53. The highest BCUT2D eigenvalue weighted by Gasteiger charge is 2.52. The van der Waals surface area contributed by atoms with Gasteiger partial charge in [0.2, 0.25) is 0 Å². The smallest absolute Gasteiger partial charge is 0.197 e. The lowest BCUT2D eigenvalue weighted by Crippen LogP contribution is -2.53. The molecular weight excluding hydrogens is 306 g/mol. The zero-order valence-electron chi connectivity index (χ0n) is 14.7. The molecular formula is C19H25NO4. The Morgan fingerprint density at radius 1 is 1.33 bits per heavy atom. The van der Waals surface area contributed by atoms with E-state index in [4.69, 9.17) is 9.47 Å². The van der Waals surface area contributed by atoms with E-state index in [2.05, 4.69) is 12.2 Å². The standard InChI is InChI=1S/C19H25NO4/c1-5-19-10-14(21)16(24-4)9-12(19)13(20-2)8-11-6-7-15(23-3)18(22)17(11)19/h6-7,9,12-13,20,22H,5,8,10H2,1-4H3/t12?,13-,19+/m0/s1. The average Bonchev–Trinajstić information content (AvgIpc) is 2.60. The van der Waals surface area contributed by atoms with Crippen LogP contribution >= 0.6 is 0 Å². The van der Waals surface area contributed by atoms with Gasteiger partial charge in [-0.25, -0.2) is 0 Å². The van der Waals surface area contributed by atoms with Gasteiger partial charge < -0.3 is 19.9 Å². The van der Waals surface area contributed by atoms with Crippen molar-refractivity contribution in [3.05, 3.63) is 35.1 Å². The van der Waals surface area contributed by atoms with E-state index in [-0.39, 0.29) is 23.5 Å². The van der Waals surface area contributed by atoms with Crippen LogP contribution in [0.2, 0.25) is 0 Å². The Morgan fingerprint density at radius 3 is 2.67 bits per heavy atom. The van der Waals surface area contributed by atoms with Crippen molar-refractivity contribution in [1.29, 1.82) is 0 Å². The van der Waals surface area contributed by atoms with Crippen LogP contribution in [0.5, 0.6) is 11.5 Å². The van der Waals surface area contributed by atoms with Gasteiger partial charge in [0.05, 0.1) is 14.2 Å². The number of benzene rings is 1. The van der Waals surface area contributed by atoms with Crippen LogP contribution in [0.4, 0.5) is 0 Å². The second-order valence-electron chi connectivity index (χ2n) is 6.62. The van der Waals surface area contributed by atoms with Gasteiger partial charge in [0.25, 0.3) is 0 Å². The van der Waals surface area contributed by atoms with E-state index in [9.17, 15) is 9.90 Å². The van der Waals surface area contributed by atoms with Crippen LogP contribution < -0.4 is 10.1 Å². The van der Waals surface area contributed by atoms with Gasteiger partial charge in [0.1, 0.15) is 0 Å². The van der Waals surface area contributed by atoms with Gasteiger partial charge in [-0.05, 0) is 37.6 Å². The molecule has 130 valence electrons. The molecule has 0 saturated heterocycles. The van der Waals surface area contributed by atoms with Gasteiger partial charge in [-0.1, -0.05) is 13.0 Å². The van der Waals surface area contributed by atoms with Crippen LogP contribution in [0, 0.1) is 5.92 Å². The van der Waals surface area contributed by atoms with Crippen molar-refractivity contribution in [1.82, 2.24) is 5.32 Å². The summed E-state index contributed by atoms with van der Waals surface area (Å²) in [4.78, 5) is 12.6. The summed E-state index contributed by atoms with van der Waals surface area (Å²) >= 11 is 0. The van der Waals surface area contributed by atoms with Gasteiger partial charge >= 0.3 is 0 Å². The van der Waals surface area contributed by atoms with Gasteiger partial charge in [-0.3, -0.25) is 4.79 Å². The summed E-state index contributed by atoms with van der Waals surface area (Å²) in [5, 5.41) is 14.2. The number of ketones is 1. The van der Waals surface area contributed by atoms with Crippen LogP contribution in [0.3, 0.4) is 0 Å². The maximum absolute atomic E-state index is 12.6. The Bertz CT molecular complexity index is 697. The maximum Gasteiger partial charge on any atom is 0.197 e. The van der Waals surface area contributed by atoms with Gasteiger partial charge in [-0.15, -0.1) is 0 Å². The van der Waals surface area contributed by atoms with E-state index in [0.29, 0.717) is 17.9 Å². The molecule has 1 unspecified atom stereocenters. The molecule has 0 heterocycles. The number of allylic oxidation sites excluding steroid dienone is 1. The number of ether oxygens (including phenoxy) is 2. The number of likely N-dealkylation sites (N-methyl/N-ethyl adjacent to an activating group) is 1. The number of aromatic hydroxyl groups is 1. The minimum absolute atomic E-state index is 0.0134. The molecule has 3 rings (SSSR count). The van der Waals surface area contributed by atoms with Crippen LogP contribution in [-0.4, -0.2) is 38.2 Å². The summed E-state index contributed by atoms with van der Waals surface area (Å²) in [5.41, 5.74) is 1.49. The topological polar surface area (TPSA) is 67.8 Å². The van der Waals surface area contributed by atoms with E-state index in [1.807, 2.05) is 19.2 Å². The third-order valence-corrected chi connectivity index (χ3v) is 5.76. The SMILES string of the molecule is CC[C@@]12CC(=O)C(OC)=CC1[C@@H](NC)Cc1ccc(OC)c(O)c12. The van der Waals surface area contributed by atoms with Crippen LogP contribution in [0.1, 0.15) is 30.9 Å². The quantitative estimate of drug-likeness (QED) is 0.886. The van der Waals surface area contributed by atoms with E-state index >= 15 is 0 Å². The molecule has 0 fully saturated rings. The third kappa shape index (κ3) is 2.22. The Morgan fingerprint density at radius 2 is 2.08 bits per heavy atom. The number of phenols is 1. The molecule has 2 aliphatic carbocycles. The highest BCUT2D eigenvalue weighted by molar-refractivity contribution is 5.96. The van der Waals surface area contributed by atoms with Gasteiger partial charge in [0.15, 0.2) is 23.0 Å². The highest BCUT2D eigenvalue weighted by atomic mass is 16.5. The van der Waals surface area contributed by atoms with E-state index in [0.717, 1.165) is 24.0 Å². The van der Waals surface area contributed by atoms with Crippen molar-refractivity contribution in [3.8, 4) is 11.5 Å². The monoisotopic (exact) mass is 331 g/mol. The summed E-state index contributed by atoms with van der Waals surface area (Å²) in [6.07, 6.45) is 3.82. The maximum atomic E-state index is 12.6. The normalized spacial score (nSPS) is 28.7. The lowest BCUT2D eigenvalue weighted by molar-refractivity contribution is -0.121. The lowest BCUT2D eigenvalue weighted by Gasteiger charge is -2.50. The fraction of sp³-hybridized carbons (Fsp3) is 0.526. The Hall–Kier alpha value is -2.01. The van der Waals surface area contributed by atoms with Crippen LogP contribution in [0.15, 0.2) is 24.0 Å². The summed E-state index contributed by atoms with van der Waals surface area (Å²) in [6.45, 7) is 2.08. The number of hydrogen-bond acceptors (Lipinski definition) is 5. The number of phenolic OH excluding ortho intramolecular Hbond substituents is 1. The Balaban J connectivity index is 2.27. The molecule has 5 heteroatoms. The first-order chi connectivity index (χ1) is 11.5. The number of rotatable bonds is 4. The predicted octanol–water partition coefficient (Wildman–Crippen LogP) is 2.31. The number of carbonyl (C=O) groups is 1. The molecule has 0 radical (unpaired) electrons. The van der Waals surface area contributed by atoms with Crippen molar-refractivity contribution in [2.24, 2.45) is 5.92 Å². The summed E-state index contributed by atoms with van der Waals surface area (Å²) in [7, 11) is 5.02. The minimum Gasteiger partial charge on any atom is -0.504 e. The molecule has 1 aromatic rings. The van der Waals surface area contributed by atoms with E-state index < -0.39 is 5.41 Å². The molecule has 2 aliphatic rings. The molecule has 3 atom stereocenters. The lowest BCUT2D eigenvalue weighted by atomic mass is 9.55. The molecule has 5 nitrogen and oxygen atoms in total. The second kappa shape index (κ2) is 6.13. The number of fused-ring (bicyclic) bond motifs is 3. The van der Waals surface area contributed by atoms with Crippen molar-refractivity contribution in [3.63, 3.8) is 0 Å². The van der Waals surface area contributed by atoms with E-state index in [1.54, 1.807) is 13.2 Å². The number of nitrogens with one attached hydrogen (secondary N) is 1. The third-order valence-electron chi connectivity index (χ3n) is 5.76. The Kier molecular flexibility index (Phi) is 4.30. The van der Waals surface area contributed by atoms with Crippen molar-refractivity contribution >= 4 is 5.78 Å². The summed E-state index contributed by atoms with van der Waals surface area (Å²) < 4.78 is 10.6. The molecule has 0 aromatic heterocycles. The van der Waals surface area contributed by atoms with Gasteiger partial charge in [-0.2, -0.15) is 0 Å². The van der Waals surface area contributed by atoms with Crippen LogP contribution in [-0.2, 0) is 21.4 Å². The zero-order chi connectivity index (χ0) is 17.5. The molecule has 0 bridgehead atoms. The summed E-state index contributed by atoms with van der Waals surface area (Å²) in [6, 6.07) is 3.99. The number of Topliss-reactive ketones (excluding diaryl/α,β-unsaturated/α-hetero) is 1. The van der Waals surface area contributed by atoms with E-state index in [1.165, 1.54) is 7.11 Å². The Labute approximate surface area is 142 Å². The molecule has 0 aliphatic heterocycles. The fourth-order valence-electron chi connectivity index (χ4n) is 4.53. The first-order valence-corrected chi connectivity index (χ1v) is 8.38. The summed E-state index contributed by atoms with van der Waals surface area (Å²) in [5.74, 6) is 1.11. The van der Waals surface area contributed by atoms with Crippen molar-refractivity contribution < 1.29 is 19.4 Å². The molecule has 2 N–H and O–H groups in total. The van der Waals surface area contributed by atoms with Crippen LogP contribution in [0.25, 0.3) is 0 Å². The van der Waals surface area contributed by atoms with Gasteiger partial charge in [0, 0.05) is 29.4 Å². The zero-order valence-corrected chi connectivity index (χ0v) is 14.7. The number of methoxy groups -OCH3 is 2. The van der Waals surface area contributed by atoms with Crippen molar-refractivity contribution in [2.75, 3.05) is 21.3 Å². The number of carbonyl (C=O) groups excluding carboxylic acids is 1. The minimum atomic E-state index is -0.445. The average molecular weight is 331 g/mol.